The standard InChI is InChI=1S/C18H18F3NO.2C18H19F2NO.C18H20FNO.C14H9F4NO/c1-18(2,3)12-4-5-16-11(6-12)9-22(10-23-16)17-14(20)7-13(19)8-15(17)21;1-18(2,3)13-4-7-17-12(8-13)10-21(11-22-17)16-6-5-14(19)9-15(16)20;1-18(2,3)13-4-7-17-12(8-13)10-21(11-22-17)14-5-6-15(19)16(20)9-14;1-18(2,3)14-4-9-17-13(10-14)11-20(12-21-17)16-7-5-15(19)6-8-16;15-9-1-2-13-8(3-9)6-19(7-20-13)14-11(17)4-10(16)5-12(14)18/h4-8H,9-10H2,1-3H3;2*4-9H,10-11H2,1-3H3;4-10H,11-12H2,1-3H3;1-5H,6-7H2. The number of halogens is 12. The van der Waals surface area contributed by atoms with Gasteiger partial charge in [0, 0.05) is 95.2 Å². The van der Waals surface area contributed by atoms with Gasteiger partial charge in [-0.2, -0.15) is 0 Å². The first-order valence-corrected chi connectivity index (χ1v) is 35.1. The van der Waals surface area contributed by atoms with E-state index in [1.54, 1.807) is 23.1 Å². The zero-order chi connectivity index (χ0) is 77.9. The van der Waals surface area contributed by atoms with Crippen molar-refractivity contribution in [3.63, 3.8) is 0 Å². The molecule has 5 aliphatic rings. The van der Waals surface area contributed by atoms with Gasteiger partial charge in [-0.1, -0.05) is 107 Å². The van der Waals surface area contributed by atoms with Gasteiger partial charge in [0.2, 0.25) is 0 Å². The topological polar surface area (TPSA) is 62.3 Å². The molecule has 0 amide bonds. The Labute approximate surface area is 622 Å². The maximum atomic E-state index is 14.0. The minimum Gasteiger partial charge on any atom is -0.473 e. The second kappa shape index (κ2) is 32.0. The summed E-state index contributed by atoms with van der Waals surface area (Å²) in [5.41, 5.74) is 10.9. The number of hydrogen-bond donors (Lipinski definition) is 0. The molecule has 0 radical (unpaired) electrons. The van der Waals surface area contributed by atoms with E-state index in [4.69, 9.17) is 23.7 Å². The molecule has 108 heavy (non-hydrogen) atoms. The molecule has 5 heterocycles. The number of fused-ring (bicyclic) bond motifs is 5. The van der Waals surface area contributed by atoms with E-state index in [9.17, 15) is 52.7 Å². The summed E-state index contributed by atoms with van der Waals surface area (Å²) < 4.78 is 189. The van der Waals surface area contributed by atoms with Crippen LogP contribution in [0.25, 0.3) is 0 Å². The summed E-state index contributed by atoms with van der Waals surface area (Å²) in [7, 11) is 0. The van der Waals surface area contributed by atoms with Gasteiger partial charge in [0.25, 0.3) is 0 Å². The molecule has 0 saturated heterocycles. The number of anilines is 5. The average molecular weight is 1500 g/mol. The van der Waals surface area contributed by atoms with Crippen LogP contribution in [0.4, 0.5) is 81.1 Å². The summed E-state index contributed by atoms with van der Waals surface area (Å²) in [6, 6.07) is 45.1. The summed E-state index contributed by atoms with van der Waals surface area (Å²) in [5.74, 6) is -5.54. The summed E-state index contributed by atoms with van der Waals surface area (Å²) in [4.78, 5) is 8.43. The van der Waals surface area contributed by atoms with Crippen molar-refractivity contribution in [2.24, 2.45) is 0 Å². The lowest BCUT2D eigenvalue weighted by Gasteiger charge is -2.32. The van der Waals surface area contributed by atoms with Gasteiger partial charge in [-0.15, -0.1) is 0 Å². The Bertz CT molecular complexity index is 4850. The normalized spacial score (nSPS) is 14.4. The van der Waals surface area contributed by atoms with Crippen LogP contribution in [0.3, 0.4) is 0 Å². The highest BCUT2D eigenvalue weighted by Gasteiger charge is 2.30. The van der Waals surface area contributed by atoms with Gasteiger partial charge >= 0.3 is 0 Å². The molecule has 22 heteroatoms. The van der Waals surface area contributed by atoms with Crippen LogP contribution in [0, 0.1) is 69.8 Å². The number of ether oxygens (including phenoxy) is 5. The molecule has 0 spiro atoms. The van der Waals surface area contributed by atoms with Gasteiger partial charge in [0.05, 0.1) is 18.8 Å². The molecule has 0 atom stereocenters. The van der Waals surface area contributed by atoms with Crippen molar-refractivity contribution in [1.29, 1.82) is 0 Å². The zero-order valence-electron chi connectivity index (χ0n) is 62.1. The largest absolute Gasteiger partial charge is 0.473 e. The van der Waals surface area contributed by atoms with Crippen molar-refractivity contribution >= 4 is 28.4 Å². The maximum absolute atomic E-state index is 14.0. The van der Waals surface area contributed by atoms with Crippen LogP contribution < -0.4 is 48.2 Å². The lowest BCUT2D eigenvalue weighted by molar-refractivity contribution is 0.285. The zero-order valence-corrected chi connectivity index (χ0v) is 62.1. The highest BCUT2D eigenvalue weighted by molar-refractivity contribution is 5.58. The van der Waals surface area contributed by atoms with E-state index < -0.39 is 64.0 Å². The lowest BCUT2D eigenvalue weighted by atomic mass is 9.86. The molecule has 5 aliphatic heterocycles. The molecule has 0 saturated carbocycles. The minimum atomic E-state index is -1.02. The quantitative estimate of drug-likeness (QED) is 0.156. The monoisotopic (exact) mass is 1500 g/mol. The Morgan fingerprint density at radius 1 is 0.231 bits per heavy atom. The van der Waals surface area contributed by atoms with E-state index in [0.29, 0.717) is 85.8 Å². The van der Waals surface area contributed by atoms with Crippen molar-refractivity contribution in [3.8, 4) is 28.7 Å². The maximum Gasteiger partial charge on any atom is 0.161 e. The van der Waals surface area contributed by atoms with Crippen LogP contribution >= 0.6 is 0 Å². The van der Waals surface area contributed by atoms with E-state index in [1.807, 2.05) is 35.2 Å². The number of benzene rings is 10. The van der Waals surface area contributed by atoms with Gasteiger partial charge < -0.3 is 48.2 Å². The molecule has 0 N–H and O–H groups in total. The van der Waals surface area contributed by atoms with Gasteiger partial charge in [0.1, 0.15) is 75.0 Å². The van der Waals surface area contributed by atoms with E-state index in [0.717, 1.165) is 63.9 Å². The smallest absolute Gasteiger partial charge is 0.161 e. The third-order valence-electron chi connectivity index (χ3n) is 18.7. The van der Waals surface area contributed by atoms with E-state index in [2.05, 4.69) is 130 Å². The first-order chi connectivity index (χ1) is 50.9. The number of rotatable bonds is 5. The SMILES string of the molecule is CC(C)(C)c1ccc2c(c1)CN(c1c(F)cc(F)cc1F)CO2.CC(C)(C)c1ccc2c(c1)CN(c1ccc(F)c(F)c1)CO2.CC(C)(C)c1ccc2c(c1)CN(c1ccc(F)cc1)CO2.CC(C)(C)c1ccc2c(c1)CN(c1ccc(F)cc1F)CO2.Fc1cc(F)c(N2COc3ccc(F)cc3C2)c(F)c1. The van der Waals surface area contributed by atoms with Crippen molar-refractivity contribution in [2.75, 3.05) is 58.2 Å². The molecule has 0 unspecified atom stereocenters. The highest BCUT2D eigenvalue weighted by atomic mass is 19.2. The molecule has 10 nitrogen and oxygen atoms in total. The Kier molecular flexibility index (Phi) is 23.3. The van der Waals surface area contributed by atoms with Crippen LogP contribution in [0.1, 0.15) is 133 Å². The molecule has 0 fully saturated rings. The average Bonchev–Trinajstić information content (AvgIpc) is 0.806. The number of hydrogen-bond acceptors (Lipinski definition) is 10. The minimum absolute atomic E-state index is 0.0152. The number of nitrogens with zero attached hydrogens (tertiary/aromatic N) is 5. The van der Waals surface area contributed by atoms with Crippen LogP contribution in [0.2, 0.25) is 0 Å². The molecule has 0 aromatic heterocycles. The molecule has 568 valence electrons. The Morgan fingerprint density at radius 2 is 0.519 bits per heavy atom. The molecular formula is C86H85F12N5O5. The van der Waals surface area contributed by atoms with Crippen molar-refractivity contribution in [2.45, 2.75) is 137 Å². The first-order valence-electron chi connectivity index (χ1n) is 35.1. The van der Waals surface area contributed by atoms with Crippen molar-refractivity contribution in [1.82, 2.24) is 0 Å². The summed E-state index contributed by atoms with van der Waals surface area (Å²) in [5, 5.41) is 0. The Hall–Kier alpha value is -10.6. The van der Waals surface area contributed by atoms with Crippen LogP contribution in [0.5, 0.6) is 28.7 Å². The molecule has 10 aromatic rings. The summed E-state index contributed by atoms with van der Waals surface area (Å²) >= 11 is 0. The van der Waals surface area contributed by atoms with E-state index >= 15 is 0 Å². The van der Waals surface area contributed by atoms with Crippen molar-refractivity contribution < 1.29 is 76.4 Å². The third-order valence-corrected chi connectivity index (χ3v) is 18.7. The Balaban J connectivity index is 0.000000134. The molecule has 0 aliphatic carbocycles. The van der Waals surface area contributed by atoms with E-state index in [1.165, 1.54) is 80.6 Å². The fraction of sp³-hybridized carbons (Fsp3) is 0.302. The molecule has 0 bridgehead atoms. The molecule has 15 rings (SSSR count). The lowest BCUT2D eigenvalue weighted by Crippen LogP contribution is -2.33. The second-order valence-corrected chi connectivity index (χ2v) is 31.0. The summed E-state index contributed by atoms with van der Waals surface area (Å²) in [6.07, 6.45) is 0. The molecule has 10 aromatic carbocycles. The fourth-order valence-electron chi connectivity index (χ4n) is 12.6. The Morgan fingerprint density at radius 3 is 0.889 bits per heavy atom. The second-order valence-electron chi connectivity index (χ2n) is 31.0. The predicted molar refractivity (Wildman–Crippen MR) is 397 cm³/mol. The summed E-state index contributed by atoms with van der Waals surface area (Å²) in [6.45, 7) is 29.1. The van der Waals surface area contributed by atoms with Gasteiger partial charge in [0.15, 0.2) is 68.6 Å². The van der Waals surface area contributed by atoms with Crippen LogP contribution in [-0.2, 0) is 54.4 Å². The van der Waals surface area contributed by atoms with Crippen LogP contribution in [0.15, 0.2) is 176 Å². The van der Waals surface area contributed by atoms with Crippen molar-refractivity contribution in [3.05, 3.63) is 296 Å². The van der Waals surface area contributed by atoms with Crippen LogP contribution in [-0.4, -0.2) is 33.7 Å². The fourth-order valence-corrected chi connectivity index (χ4v) is 12.6. The van der Waals surface area contributed by atoms with E-state index in [-0.39, 0.29) is 65.6 Å². The third kappa shape index (κ3) is 19.0. The van der Waals surface area contributed by atoms with Gasteiger partial charge in [-0.05, 0) is 159 Å². The first kappa shape index (κ1) is 78.4. The van der Waals surface area contributed by atoms with Gasteiger partial charge in [-0.3, -0.25) is 0 Å². The van der Waals surface area contributed by atoms with Gasteiger partial charge in [-0.25, -0.2) is 52.7 Å². The highest BCUT2D eigenvalue weighted by Crippen LogP contribution is 2.40. The molecular weight excluding hydrogens is 1410 g/mol. The predicted octanol–water partition coefficient (Wildman–Crippen LogP) is 22.1.